The number of nitrogens with zero attached hydrogens (tertiary/aromatic N) is 1. The van der Waals surface area contributed by atoms with Crippen molar-refractivity contribution in [2.24, 2.45) is 11.8 Å². The molecule has 128 valence electrons. The quantitative estimate of drug-likeness (QED) is 0.830. The van der Waals surface area contributed by atoms with Gasteiger partial charge in [0.25, 0.3) is 0 Å². The first-order valence-corrected chi connectivity index (χ1v) is 9.94. The number of sulfone groups is 1. The van der Waals surface area contributed by atoms with Crippen molar-refractivity contribution < 1.29 is 13.2 Å². The molecule has 1 N–H and O–H groups in total. The van der Waals surface area contributed by atoms with Gasteiger partial charge in [0.05, 0.1) is 11.0 Å². The lowest BCUT2D eigenvalue weighted by Gasteiger charge is -2.28. The number of carbonyl (C=O) groups is 1. The molecule has 1 aliphatic carbocycles. The van der Waals surface area contributed by atoms with Gasteiger partial charge in [-0.1, -0.05) is 37.1 Å². The molecule has 0 spiro atoms. The number of hydrogen-bond donors (Lipinski definition) is 1. The highest BCUT2D eigenvalue weighted by molar-refractivity contribution is 7.90. The number of hydrogen-bond acceptors (Lipinski definition) is 4. The maximum atomic E-state index is 12.2. The van der Waals surface area contributed by atoms with Crippen molar-refractivity contribution in [3.63, 3.8) is 0 Å². The normalized spacial score (nSPS) is 21.3. The Hall–Kier alpha value is -2.13. The summed E-state index contributed by atoms with van der Waals surface area (Å²) in [5, 5.41) is 11.2. The zero-order valence-corrected chi connectivity index (χ0v) is 14.6. The molecule has 6 heteroatoms. The summed E-state index contributed by atoms with van der Waals surface area (Å²) in [6.45, 7) is 0.0404. The largest absolute Gasteiger partial charge is 0.343 e. The predicted molar refractivity (Wildman–Crippen MR) is 92.7 cm³/mol. The molecule has 1 fully saturated rings. The summed E-state index contributed by atoms with van der Waals surface area (Å²) in [5.41, 5.74) is 0.907. The number of allylic oxidation sites excluding steroid dienone is 1. The molecule has 1 saturated carbocycles. The van der Waals surface area contributed by atoms with Crippen LogP contribution in [0.1, 0.15) is 31.2 Å². The van der Waals surface area contributed by atoms with Crippen molar-refractivity contribution in [3.8, 4) is 6.07 Å². The van der Waals surface area contributed by atoms with Gasteiger partial charge >= 0.3 is 0 Å². The van der Waals surface area contributed by atoms with Crippen LogP contribution in [0.4, 0.5) is 0 Å². The molecule has 0 radical (unpaired) electrons. The SMILES string of the molecule is CS(=O)(=O)c1ccc(/C=C\C2CCCCC2C(=O)NCC#N)cc1. The molecule has 0 aliphatic heterocycles. The Labute approximate surface area is 143 Å². The average Bonchev–Trinajstić information content (AvgIpc) is 2.57. The summed E-state index contributed by atoms with van der Waals surface area (Å²) in [5.74, 6) is -0.0102. The maximum Gasteiger partial charge on any atom is 0.224 e. The van der Waals surface area contributed by atoms with E-state index in [0.717, 1.165) is 31.2 Å². The second-order valence-electron chi connectivity index (χ2n) is 6.13. The van der Waals surface area contributed by atoms with Gasteiger partial charge in [0.2, 0.25) is 5.91 Å². The van der Waals surface area contributed by atoms with E-state index < -0.39 is 9.84 Å². The Kier molecular flexibility index (Phi) is 6.16. The minimum absolute atomic E-state index is 0.0404. The van der Waals surface area contributed by atoms with Gasteiger partial charge in [-0.15, -0.1) is 0 Å². The molecular weight excluding hydrogens is 324 g/mol. The molecule has 0 saturated heterocycles. The molecule has 24 heavy (non-hydrogen) atoms. The fourth-order valence-corrected chi connectivity index (χ4v) is 3.66. The van der Waals surface area contributed by atoms with E-state index in [-0.39, 0.29) is 24.3 Å². The van der Waals surface area contributed by atoms with Crippen molar-refractivity contribution >= 4 is 21.8 Å². The molecule has 1 aromatic carbocycles. The average molecular weight is 346 g/mol. The summed E-state index contributed by atoms with van der Waals surface area (Å²) in [7, 11) is -3.19. The van der Waals surface area contributed by atoms with Crippen LogP contribution in [-0.4, -0.2) is 27.1 Å². The van der Waals surface area contributed by atoms with Crippen LogP contribution >= 0.6 is 0 Å². The van der Waals surface area contributed by atoms with Crippen molar-refractivity contribution in [3.05, 3.63) is 35.9 Å². The fourth-order valence-electron chi connectivity index (χ4n) is 3.03. The smallest absolute Gasteiger partial charge is 0.224 e. The van der Waals surface area contributed by atoms with E-state index in [2.05, 4.69) is 5.32 Å². The van der Waals surface area contributed by atoms with Crippen LogP contribution in [0.25, 0.3) is 6.08 Å². The van der Waals surface area contributed by atoms with Crippen LogP contribution in [0, 0.1) is 23.2 Å². The van der Waals surface area contributed by atoms with Gasteiger partial charge in [0, 0.05) is 12.2 Å². The van der Waals surface area contributed by atoms with Gasteiger partial charge < -0.3 is 5.32 Å². The van der Waals surface area contributed by atoms with E-state index in [4.69, 9.17) is 5.26 Å². The van der Waals surface area contributed by atoms with Crippen LogP contribution < -0.4 is 5.32 Å². The highest BCUT2D eigenvalue weighted by atomic mass is 32.2. The Balaban J connectivity index is 2.08. The lowest BCUT2D eigenvalue weighted by molar-refractivity contribution is -0.126. The van der Waals surface area contributed by atoms with E-state index in [0.29, 0.717) is 4.90 Å². The highest BCUT2D eigenvalue weighted by Gasteiger charge is 2.28. The van der Waals surface area contributed by atoms with Crippen molar-refractivity contribution in [1.29, 1.82) is 5.26 Å². The molecule has 2 rings (SSSR count). The third kappa shape index (κ3) is 4.93. The summed E-state index contributed by atoms with van der Waals surface area (Å²) < 4.78 is 22.9. The van der Waals surface area contributed by atoms with Gasteiger partial charge in [-0.05, 0) is 36.5 Å². The summed E-state index contributed by atoms with van der Waals surface area (Å²) >= 11 is 0. The van der Waals surface area contributed by atoms with Crippen molar-refractivity contribution in [2.75, 3.05) is 12.8 Å². The Morgan fingerprint density at radius 1 is 1.29 bits per heavy atom. The minimum Gasteiger partial charge on any atom is -0.343 e. The van der Waals surface area contributed by atoms with E-state index in [1.165, 1.54) is 6.26 Å². The molecule has 1 aromatic rings. The minimum atomic E-state index is -3.19. The molecule has 2 atom stereocenters. The molecule has 0 bridgehead atoms. The second kappa shape index (κ2) is 8.11. The first-order valence-electron chi connectivity index (χ1n) is 8.05. The molecule has 5 nitrogen and oxygen atoms in total. The molecule has 2 unspecified atom stereocenters. The maximum absolute atomic E-state index is 12.2. The van der Waals surface area contributed by atoms with Gasteiger partial charge in [-0.25, -0.2) is 8.42 Å². The molecule has 0 aromatic heterocycles. The topological polar surface area (TPSA) is 87.0 Å². The first-order chi connectivity index (χ1) is 11.4. The Morgan fingerprint density at radius 3 is 2.58 bits per heavy atom. The monoisotopic (exact) mass is 346 g/mol. The fraction of sp³-hybridized carbons (Fsp3) is 0.444. The number of carbonyl (C=O) groups excluding carboxylic acids is 1. The predicted octanol–water partition coefficient (Wildman–Crippen LogP) is 2.55. The lowest BCUT2D eigenvalue weighted by atomic mass is 9.78. The van der Waals surface area contributed by atoms with Gasteiger partial charge in [-0.2, -0.15) is 5.26 Å². The lowest BCUT2D eigenvalue weighted by Crippen LogP contribution is -2.36. The van der Waals surface area contributed by atoms with Crippen molar-refractivity contribution in [2.45, 2.75) is 30.6 Å². The number of benzene rings is 1. The summed E-state index contributed by atoms with van der Waals surface area (Å²) in [6, 6.07) is 8.64. The van der Waals surface area contributed by atoms with Crippen LogP contribution in [0.15, 0.2) is 35.2 Å². The van der Waals surface area contributed by atoms with E-state index >= 15 is 0 Å². The molecular formula is C18H22N2O3S. The van der Waals surface area contributed by atoms with Gasteiger partial charge in [0.15, 0.2) is 9.84 Å². The molecule has 1 aliphatic rings. The van der Waals surface area contributed by atoms with E-state index in [1.807, 2.05) is 18.2 Å². The zero-order chi connectivity index (χ0) is 17.6. The van der Waals surface area contributed by atoms with Gasteiger partial charge in [0.1, 0.15) is 6.54 Å². The number of nitriles is 1. The Bertz CT molecular complexity index is 745. The summed E-state index contributed by atoms with van der Waals surface area (Å²) in [4.78, 5) is 12.5. The Morgan fingerprint density at radius 2 is 1.96 bits per heavy atom. The van der Waals surface area contributed by atoms with Gasteiger partial charge in [-0.3, -0.25) is 4.79 Å². The van der Waals surface area contributed by atoms with Crippen LogP contribution in [0.3, 0.4) is 0 Å². The standard InChI is InChI=1S/C18H22N2O3S/c1-24(22,23)16-10-7-14(8-11-16)6-9-15-4-2-3-5-17(15)18(21)20-13-12-19/h6-11,15,17H,2-5,13H2,1H3,(H,20,21)/b9-6-. The van der Waals surface area contributed by atoms with E-state index in [9.17, 15) is 13.2 Å². The molecule has 1 amide bonds. The number of rotatable bonds is 5. The number of amides is 1. The van der Waals surface area contributed by atoms with Crippen LogP contribution in [0.2, 0.25) is 0 Å². The van der Waals surface area contributed by atoms with Crippen LogP contribution in [-0.2, 0) is 14.6 Å². The second-order valence-corrected chi connectivity index (χ2v) is 8.15. The zero-order valence-electron chi connectivity index (χ0n) is 13.7. The first kappa shape index (κ1) is 18.2. The third-order valence-electron chi connectivity index (χ3n) is 4.34. The number of nitrogens with one attached hydrogen (secondary N) is 1. The third-order valence-corrected chi connectivity index (χ3v) is 5.47. The van der Waals surface area contributed by atoms with E-state index in [1.54, 1.807) is 24.3 Å². The van der Waals surface area contributed by atoms with Crippen LogP contribution in [0.5, 0.6) is 0 Å². The molecule has 0 heterocycles. The highest BCUT2D eigenvalue weighted by Crippen LogP contribution is 2.31. The van der Waals surface area contributed by atoms with Crippen molar-refractivity contribution in [1.82, 2.24) is 5.32 Å². The summed E-state index contributed by atoms with van der Waals surface area (Å²) in [6.07, 6.45) is 9.05.